The zero-order chi connectivity index (χ0) is 32.4. The molecule has 0 radical (unpaired) electrons. The fourth-order valence-corrected chi connectivity index (χ4v) is 6.62. The molecule has 236 valence electrons. The number of nitrogens with one attached hydrogen (secondary N) is 1. The molecule has 4 aromatic carbocycles. The van der Waals surface area contributed by atoms with E-state index in [9.17, 15) is 18.0 Å². The first-order chi connectivity index (χ1) is 21.6. The van der Waals surface area contributed by atoms with Gasteiger partial charge in [0.1, 0.15) is 12.6 Å². The Balaban J connectivity index is 1.80. The van der Waals surface area contributed by atoms with Crippen LogP contribution in [0.1, 0.15) is 42.0 Å². The van der Waals surface area contributed by atoms with E-state index in [1.165, 1.54) is 4.90 Å². The number of carbonyl (C=O) groups is 2. The number of amides is 2. The molecule has 1 atom stereocenters. The number of halogens is 1. The molecule has 9 heteroatoms. The molecule has 0 fully saturated rings. The molecule has 0 aliphatic rings. The quantitative estimate of drug-likeness (QED) is 0.155. The number of hydrogen-bond acceptors (Lipinski definition) is 4. The SMILES string of the molecule is CCCCNC(=O)[C@@H](Cc1ccccc1)N(Cc1ccccc1Cl)C(=O)CN(c1cccc(C)c1)S(=O)(=O)c1ccc(C)cc1. The molecule has 2 amide bonds. The Morgan fingerprint density at radius 1 is 0.844 bits per heavy atom. The van der Waals surface area contributed by atoms with Gasteiger partial charge in [0.05, 0.1) is 10.6 Å². The van der Waals surface area contributed by atoms with Gasteiger partial charge < -0.3 is 10.2 Å². The first-order valence-corrected chi connectivity index (χ1v) is 16.9. The number of sulfonamides is 1. The van der Waals surface area contributed by atoms with E-state index in [1.54, 1.807) is 60.7 Å². The van der Waals surface area contributed by atoms with Crippen molar-refractivity contribution in [1.82, 2.24) is 10.2 Å². The van der Waals surface area contributed by atoms with Crippen molar-refractivity contribution in [3.63, 3.8) is 0 Å². The number of carbonyl (C=O) groups excluding carboxylic acids is 2. The third kappa shape index (κ3) is 8.96. The molecule has 0 bridgehead atoms. The van der Waals surface area contributed by atoms with Crippen LogP contribution in [0.4, 0.5) is 5.69 Å². The Morgan fingerprint density at radius 3 is 2.20 bits per heavy atom. The largest absolute Gasteiger partial charge is 0.354 e. The molecule has 0 heterocycles. The molecule has 0 saturated heterocycles. The van der Waals surface area contributed by atoms with Crippen molar-refractivity contribution in [3.05, 3.63) is 130 Å². The first kappa shape index (κ1) is 33.7. The summed E-state index contributed by atoms with van der Waals surface area (Å²) in [4.78, 5) is 29.9. The molecule has 0 aliphatic heterocycles. The van der Waals surface area contributed by atoms with Crippen LogP contribution in [0.15, 0.2) is 108 Å². The van der Waals surface area contributed by atoms with Crippen LogP contribution in [0.25, 0.3) is 0 Å². The topological polar surface area (TPSA) is 86.8 Å². The summed E-state index contributed by atoms with van der Waals surface area (Å²) in [5.74, 6) is -0.838. The number of aryl methyl sites for hydroxylation is 2. The summed E-state index contributed by atoms with van der Waals surface area (Å²) in [6.07, 6.45) is 1.93. The van der Waals surface area contributed by atoms with Crippen LogP contribution in [0.3, 0.4) is 0 Å². The standard InChI is InChI=1S/C36H40ClN3O4S/c1-4-5-22-38-36(42)34(24-29-13-7-6-8-14-29)39(25-30-15-9-10-17-33(30)37)35(41)26-40(31-16-11-12-28(3)23-31)45(43,44)32-20-18-27(2)19-21-32/h6-21,23,34H,4-5,22,24-26H2,1-3H3,(H,38,42)/t34-/m1/s1. The van der Waals surface area contributed by atoms with Gasteiger partial charge in [0.25, 0.3) is 10.0 Å². The van der Waals surface area contributed by atoms with Crippen molar-refractivity contribution in [1.29, 1.82) is 0 Å². The van der Waals surface area contributed by atoms with Crippen LogP contribution in [0, 0.1) is 13.8 Å². The molecule has 0 spiro atoms. The third-order valence-corrected chi connectivity index (χ3v) is 9.73. The maximum atomic E-state index is 14.5. The molecule has 0 aromatic heterocycles. The van der Waals surface area contributed by atoms with Crippen LogP contribution in [-0.2, 0) is 32.6 Å². The van der Waals surface area contributed by atoms with Gasteiger partial charge in [0.15, 0.2) is 0 Å². The fourth-order valence-electron chi connectivity index (χ4n) is 5.02. The van der Waals surface area contributed by atoms with Crippen LogP contribution >= 0.6 is 11.6 Å². The second kappa shape index (κ2) is 15.7. The van der Waals surface area contributed by atoms with Crippen LogP contribution < -0.4 is 9.62 Å². The first-order valence-electron chi connectivity index (χ1n) is 15.1. The summed E-state index contributed by atoms with van der Waals surface area (Å²) in [6.45, 7) is 5.74. The number of nitrogens with zero attached hydrogens (tertiary/aromatic N) is 2. The molecular formula is C36H40ClN3O4S. The molecular weight excluding hydrogens is 606 g/mol. The summed E-state index contributed by atoms with van der Waals surface area (Å²) >= 11 is 6.56. The fraction of sp³-hybridized carbons (Fsp3) is 0.278. The highest BCUT2D eigenvalue weighted by Gasteiger charge is 2.34. The van der Waals surface area contributed by atoms with Gasteiger partial charge >= 0.3 is 0 Å². The minimum absolute atomic E-state index is 0.0173. The maximum Gasteiger partial charge on any atom is 0.264 e. The number of anilines is 1. The van der Waals surface area contributed by atoms with Crippen molar-refractivity contribution in [2.45, 2.75) is 57.5 Å². The lowest BCUT2D eigenvalue weighted by Gasteiger charge is -2.34. The Hall–Kier alpha value is -4.14. The predicted molar refractivity (Wildman–Crippen MR) is 181 cm³/mol. The van der Waals surface area contributed by atoms with E-state index in [-0.39, 0.29) is 23.8 Å². The lowest BCUT2D eigenvalue weighted by atomic mass is 10.0. The average Bonchev–Trinajstić information content (AvgIpc) is 3.03. The third-order valence-electron chi connectivity index (χ3n) is 7.58. The zero-order valence-corrected chi connectivity index (χ0v) is 27.5. The Kier molecular flexibility index (Phi) is 11.8. The van der Waals surface area contributed by atoms with Gasteiger partial charge in [0, 0.05) is 24.5 Å². The minimum Gasteiger partial charge on any atom is -0.354 e. The van der Waals surface area contributed by atoms with E-state index in [0.29, 0.717) is 22.8 Å². The Bertz CT molecular complexity index is 1700. The minimum atomic E-state index is -4.16. The lowest BCUT2D eigenvalue weighted by Crippen LogP contribution is -2.53. The van der Waals surface area contributed by atoms with Gasteiger partial charge in [-0.25, -0.2) is 8.42 Å². The van der Waals surface area contributed by atoms with E-state index >= 15 is 0 Å². The number of unbranched alkanes of at least 4 members (excludes halogenated alkanes) is 1. The second-order valence-electron chi connectivity index (χ2n) is 11.1. The molecule has 7 nitrogen and oxygen atoms in total. The lowest BCUT2D eigenvalue weighted by molar-refractivity contribution is -0.140. The van der Waals surface area contributed by atoms with E-state index in [1.807, 2.05) is 63.2 Å². The van der Waals surface area contributed by atoms with Crippen molar-refractivity contribution in [2.24, 2.45) is 0 Å². The Morgan fingerprint density at radius 2 is 1.53 bits per heavy atom. The summed E-state index contributed by atoms with van der Waals surface area (Å²) in [5, 5.41) is 3.44. The number of benzene rings is 4. The van der Waals surface area contributed by atoms with Crippen molar-refractivity contribution < 1.29 is 18.0 Å². The molecule has 0 unspecified atom stereocenters. The van der Waals surface area contributed by atoms with Crippen molar-refractivity contribution in [3.8, 4) is 0 Å². The van der Waals surface area contributed by atoms with Gasteiger partial charge in [0.2, 0.25) is 11.8 Å². The smallest absolute Gasteiger partial charge is 0.264 e. The molecule has 0 aliphatic carbocycles. The summed E-state index contributed by atoms with van der Waals surface area (Å²) < 4.78 is 29.4. The van der Waals surface area contributed by atoms with E-state index < -0.39 is 28.5 Å². The summed E-state index contributed by atoms with van der Waals surface area (Å²) in [7, 11) is -4.16. The second-order valence-corrected chi connectivity index (χ2v) is 13.4. The molecule has 4 rings (SSSR count). The van der Waals surface area contributed by atoms with Crippen molar-refractivity contribution >= 4 is 39.1 Å². The van der Waals surface area contributed by atoms with Gasteiger partial charge in [-0.15, -0.1) is 0 Å². The normalized spacial score (nSPS) is 11.9. The molecule has 45 heavy (non-hydrogen) atoms. The highest BCUT2D eigenvalue weighted by Crippen LogP contribution is 2.27. The summed E-state index contributed by atoms with van der Waals surface area (Å²) in [5.41, 5.74) is 3.63. The average molecular weight is 646 g/mol. The highest BCUT2D eigenvalue weighted by atomic mass is 35.5. The highest BCUT2D eigenvalue weighted by molar-refractivity contribution is 7.92. The van der Waals surface area contributed by atoms with Gasteiger partial charge in [-0.2, -0.15) is 0 Å². The Labute approximate surface area is 271 Å². The maximum absolute atomic E-state index is 14.5. The van der Waals surface area contributed by atoms with Gasteiger partial charge in [-0.1, -0.05) is 103 Å². The van der Waals surface area contributed by atoms with Crippen LogP contribution in [0.2, 0.25) is 5.02 Å². The van der Waals surface area contributed by atoms with Gasteiger partial charge in [-0.05, 0) is 67.3 Å². The van der Waals surface area contributed by atoms with Crippen LogP contribution in [-0.4, -0.2) is 44.3 Å². The molecule has 0 saturated carbocycles. The number of rotatable bonds is 14. The number of hydrogen-bond donors (Lipinski definition) is 1. The van der Waals surface area contributed by atoms with E-state index in [0.717, 1.165) is 33.8 Å². The predicted octanol–water partition coefficient (Wildman–Crippen LogP) is 6.71. The molecule has 1 N–H and O–H groups in total. The van der Waals surface area contributed by atoms with E-state index in [2.05, 4.69) is 5.32 Å². The zero-order valence-electron chi connectivity index (χ0n) is 25.9. The summed E-state index contributed by atoms with van der Waals surface area (Å²) in [6, 6.07) is 29.3. The monoisotopic (exact) mass is 645 g/mol. The molecule has 4 aromatic rings. The van der Waals surface area contributed by atoms with Gasteiger partial charge in [-0.3, -0.25) is 13.9 Å². The van der Waals surface area contributed by atoms with Crippen molar-refractivity contribution in [2.75, 3.05) is 17.4 Å². The van der Waals surface area contributed by atoms with Crippen LogP contribution in [0.5, 0.6) is 0 Å². The van der Waals surface area contributed by atoms with E-state index in [4.69, 9.17) is 11.6 Å².